The monoisotopic (exact) mass is 294 g/mol. The molecule has 0 spiro atoms. The van der Waals surface area contributed by atoms with E-state index in [9.17, 15) is 8.42 Å². The molecule has 20 heavy (non-hydrogen) atoms. The molecule has 0 bridgehead atoms. The van der Waals surface area contributed by atoms with Crippen LogP contribution in [0.5, 0.6) is 0 Å². The first-order chi connectivity index (χ1) is 9.55. The maximum Gasteiger partial charge on any atom is 0.179 e. The Morgan fingerprint density at radius 1 is 1.45 bits per heavy atom. The second-order valence-corrected chi connectivity index (χ2v) is 7.21. The molecule has 1 aromatic rings. The molecular formula is C14H18N2O3S. The zero-order valence-corrected chi connectivity index (χ0v) is 12.0. The molecule has 1 aliphatic heterocycles. The van der Waals surface area contributed by atoms with E-state index >= 15 is 0 Å². The van der Waals surface area contributed by atoms with Crippen molar-refractivity contribution >= 4 is 9.84 Å². The first kappa shape index (κ1) is 15.0. The number of hydrogen-bond acceptors (Lipinski definition) is 5. The SMILES string of the molecule is N#Cc1cccc(S(=O)(=O)CCN2CCC(CO)C2)c1. The normalized spacial score (nSPS) is 19.9. The highest BCUT2D eigenvalue weighted by atomic mass is 32.2. The van der Waals surface area contributed by atoms with E-state index in [1.54, 1.807) is 12.1 Å². The summed E-state index contributed by atoms with van der Waals surface area (Å²) in [4.78, 5) is 2.27. The minimum absolute atomic E-state index is 0.0417. The second-order valence-electron chi connectivity index (χ2n) is 5.10. The van der Waals surface area contributed by atoms with Crippen molar-refractivity contribution in [2.75, 3.05) is 32.0 Å². The Kier molecular flexibility index (Phi) is 4.76. The molecule has 1 aromatic carbocycles. The van der Waals surface area contributed by atoms with E-state index in [4.69, 9.17) is 10.4 Å². The van der Waals surface area contributed by atoms with Crippen molar-refractivity contribution in [1.29, 1.82) is 5.26 Å². The van der Waals surface area contributed by atoms with Crippen LogP contribution in [0.2, 0.25) is 0 Å². The molecule has 108 valence electrons. The summed E-state index contributed by atoms with van der Waals surface area (Å²) in [5.74, 6) is 0.305. The van der Waals surface area contributed by atoms with Gasteiger partial charge in [0.15, 0.2) is 9.84 Å². The van der Waals surface area contributed by atoms with E-state index in [1.807, 2.05) is 6.07 Å². The molecule has 0 aromatic heterocycles. The fourth-order valence-corrected chi connectivity index (χ4v) is 3.72. The van der Waals surface area contributed by atoms with E-state index in [0.29, 0.717) is 12.1 Å². The zero-order valence-electron chi connectivity index (χ0n) is 11.2. The molecule has 6 heteroatoms. The zero-order chi connectivity index (χ0) is 14.6. The highest BCUT2D eigenvalue weighted by Gasteiger charge is 2.23. The molecule has 0 saturated carbocycles. The summed E-state index contributed by atoms with van der Waals surface area (Å²) in [5, 5.41) is 17.9. The lowest BCUT2D eigenvalue weighted by molar-refractivity contribution is 0.224. The Balaban J connectivity index is 1.99. The average Bonchev–Trinajstić information content (AvgIpc) is 2.93. The van der Waals surface area contributed by atoms with Gasteiger partial charge in [0.05, 0.1) is 22.3 Å². The Morgan fingerprint density at radius 2 is 2.25 bits per heavy atom. The van der Waals surface area contributed by atoms with E-state index in [1.165, 1.54) is 12.1 Å². The van der Waals surface area contributed by atoms with Gasteiger partial charge < -0.3 is 10.0 Å². The largest absolute Gasteiger partial charge is 0.396 e. The molecule has 2 rings (SSSR count). The molecular weight excluding hydrogens is 276 g/mol. The van der Waals surface area contributed by atoms with Crippen LogP contribution in [0.25, 0.3) is 0 Å². The Labute approximate surface area is 119 Å². The predicted octanol–water partition coefficient (Wildman–Crippen LogP) is 0.646. The Bertz CT molecular complexity index is 607. The maximum atomic E-state index is 12.2. The van der Waals surface area contributed by atoms with Gasteiger partial charge in [0.25, 0.3) is 0 Å². The van der Waals surface area contributed by atoms with Gasteiger partial charge in [-0.05, 0) is 37.1 Å². The van der Waals surface area contributed by atoms with E-state index < -0.39 is 9.84 Å². The molecule has 1 aliphatic rings. The summed E-state index contributed by atoms with van der Waals surface area (Å²) < 4.78 is 24.4. The summed E-state index contributed by atoms with van der Waals surface area (Å²) in [6.07, 6.45) is 0.917. The molecule has 1 saturated heterocycles. The van der Waals surface area contributed by atoms with E-state index in [2.05, 4.69) is 4.90 Å². The topological polar surface area (TPSA) is 81.4 Å². The number of nitriles is 1. The Hall–Kier alpha value is -1.42. The first-order valence-corrected chi connectivity index (χ1v) is 8.26. The van der Waals surface area contributed by atoms with Crippen LogP contribution in [0.4, 0.5) is 0 Å². The van der Waals surface area contributed by atoms with Gasteiger partial charge in [-0.25, -0.2) is 8.42 Å². The van der Waals surface area contributed by atoms with Crippen LogP contribution < -0.4 is 0 Å². The van der Waals surface area contributed by atoms with Crippen LogP contribution in [0.3, 0.4) is 0 Å². The van der Waals surface area contributed by atoms with Crippen LogP contribution in [0, 0.1) is 17.2 Å². The smallest absolute Gasteiger partial charge is 0.179 e. The molecule has 1 unspecified atom stereocenters. The van der Waals surface area contributed by atoms with Gasteiger partial charge in [0.1, 0.15) is 0 Å². The summed E-state index contributed by atoms with van der Waals surface area (Å²) in [6, 6.07) is 8.06. The minimum Gasteiger partial charge on any atom is -0.396 e. The number of nitrogens with zero attached hydrogens (tertiary/aromatic N) is 2. The predicted molar refractivity (Wildman–Crippen MR) is 74.8 cm³/mol. The van der Waals surface area contributed by atoms with E-state index in [0.717, 1.165) is 19.5 Å². The molecule has 1 atom stereocenters. The summed E-state index contributed by atoms with van der Waals surface area (Å²) in [7, 11) is -3.36. The minimum atomic E-state index is -3.36. The van der Waals surface area contributed by atoms with Crippen molar-refractivity contribution < 1.29 is 13.5 Å². The molecule has 0 amide bonds. The highest BCUT2D eigenvalue weighted by molar-refractivity contribution is 7.91. The van der Waals surface area contributed by atoms with Crippen LogP contribution >= 0.6 is 0 Å². The van der Waals surface area contributed by atoms with Gasteiger partial charge in [-0.1, -0.05) is 6.07 Å². The van der Waals surface area contributed by atoms with Crippen LogP contribution in [-0.2, 0) is 9.84 Å². The Morgan fingerprint density at radius 3 is 2.90 bits per heavy atom. The van der Waals surface area contributed by atoms with Crippen molar-refractivity contribution in [3.63, 3.8) is 0 Å². The average molecular weight is 294 g/mol. The van der Waals surface area contributed by atoms with Gasteiger partial charge in [0.2, 0.25) is 0 Å². The quantitative estimate of drug-likeness (QED) is 0.862. The van der Waals surface area contributed by atoms with Crippen LogP contribution in [-0.4, -0.2) is 50.4 Å². The fourth-order valence-electron chi connectivity index (χ4n) is 2.39. The van der Waals surface area contributed by atoms with Crippen LogP contribution in [0.15, 0.2) is 29.2 Å². The lowest BCUT2D eigenvalue weighted by atomic mass is 10.1. The number of rotatable bonds is 5. The number of likely N-dealkylation sites (tertiary alicyclic amines) is 1. The summed E-state index contributed by atoms with van der Waals surface area (Å²) in [5.41, 5.74) is 0.354. The van der Waals surface area contributed by atoms with Crippen molar-refractivity contribution in [3.8, 4) is 6.07 Å². The van der Waals surface area contributed by atoms with Gasteiger partial charge in [0, 0.05) is 19.7 Å². The summed E-state index contributed by atoms with van der Waals surface area (Å²) >= 11 is 0. The van der Waals surface area contributed by atoms with Crippen molar-refractivity contribution in [3.05, 3.63) is 29.8 Å². The summed E-state index contributed by atoms with van der Waals surface area (Å²) in [6.45, 7) is 2.21. The van der Waals surface area contributed by atoms with Crippen molar-refractivity contribution in [2.24, 2.45) is 5.92 Å². The molecule has 1 fully saturated rings. The first-order valence-electron chi connectivity index (χ1n) is 6.61. The third kappa shape index (κ3) is 3.57. The number of aliphatic hydroxyl groups is 1. The van der Waals surface area contributed by atoms with Crippen molar-refractivity contribution in [1.82, 2.24) is 4.90 Å². The number of benzene rings is 1. The third-order valence-electron chi connectivity index (χ3n) is 3.63. The fraction of sp³-hybridized carbons (Fsp3) is 0.500. The number of hydrogen-bond donors (Lipinski definition) is 1. The van der Waals surface area contributed by atoms with Gasteiger partial charge >= 0.3 is 0 Å². The molecule has 1 N–H and O–H groups in total. The lowest BCUT2D eigenvalue weighted by Gasteiger charge is -2.15. The lowest BCUT2D eigenvalue weighted by Crippen LogP contribution is -2.28. The standard InChI is InChI=1S/C14H18N2O3S/c15-9-12-2-1-3-14(8-12)20(18,19)7-6-16-5-4-13(10-16)11-17/h1-3,8,13,17H,4-7,10-11H2. The number of sulfone groups is 1. The van der Waals surface area contributed by atoms with Gasteiger partial charge in [-0.2, -0.15) is 5.26 Å². The maximum absolute atomic E-state index is 12.2. The van der Waals surface area contributed by atoms with Gasteiger partial charge in [-0.3, -0.25) is 0 Å². The van der Waals surface area contributed by atoms with Gasteiger partial charge in [-0.15, -0.1) is 0 Å². The van der Waals surface area contributed by atoms with Crippen LogP contribution in [0.1, 0.15) is 12.0 Å². The van der Waals surface area contributed by atoms with Crippen molar-refractivity contribution in [2.45, 2.75) is 11.3 Å². The molecule has 1 heterocycles. The number of aliphatic hydroxyl groups excluding tert-OH is 1. The third-order valence-corrected chi connectivity index (χ3v) is 5.32. The van der Waals surface area contributed by atoms with E-state index in [-0.39, 0.29) is 23.2 Å². The molecule has 0 radical (unpaired) electrons. The highest BCUT2D eigenvalue weighted by Crippen LogP contribution is 2.17. The second kappa shape index (κ2) is 6.35. The molecule has 5 nitrogen and oxygen atoms in total. The molecule has 0 aliphatic carbocycles.